The van der Waals surface area contributed by atoms with Gasteiger partial charge >= 0.3 is 0 Å². The number of nitrogens with zero attached hydrogens (tertiary/aromatic N) is 1. The van der Waals surface area contributed by atoms with E-state index in [-0.39, 0.29) is 24.0 Å². The molecule has 0 atom stereocenters. The molecule has 0 amide bonds. The molecule has 0 heterocycles. The van der Waals surface area contributed by atoms with E-state index in [2.05, 4.69) is 29.5 Å². The number of hydrogen-bond acceptors (Lipinski definition) is 4. The van der Waals surface area contributed by atoms with Crippen molar-refractivity contribution in [3.63, 3.8) is 0 Å². The van der Waals surface area contributed by atoms with Crippen LogP contribution in [0.3, 0.4) is 0 Å². The molecule has 1 aromatic carbocycles. The second-order valence-corrected chi connectivity index (χ2v) is 5.46. The molecule has 24 heavy (non-hydrogen) atoms. The lowest BCUT2D eigenvalue weighted by molar-refractivity contribution is 0.322. The summed E-state index contributed by atoms with van der Waals surface area (Å²) in [5, 5.41) is 6.56. The van der Waals surface area contributed by atoms with Crippen molar-refractivity contribution in [1.29, 1.82) is 0 Å². The van der Waals surface area contributed by atoms with Gasteiger partial charge in [-0.2, -0.15) is 0 Å². The lowest BCUT2D eigenvalue weighted by Gasteiger charge is -2.16. The van der Waals surface area contributed by atoms with E-state index >= 15 is 0 Å². The summed E-state index contributed by atoms with van der Waals surface area (Å²) in [6, 6.07) is 3.80. The summed E-state index contributed by atoms with van der Waals surface area (Å²) < 4.78 is 16.2. The SMILES string of the molecule is CCNC(=NCc1ccc(OC)c(OC)c1OC)NCC(C)C.I. The molecule has 0 unspecified atom stereocenters. The molecular weight excluding hydrogens is 421 g/mol. The van der Waals surface area contributed by atoms with Gasteiger partial charge in [0.2, 0.25) is 5.75 Å². The molecule has 0 aliphatic carbocycles. The highest BCUT2D eigenvalue weighted by atomic mass is 127. The molecule has 0 aliphatic rings. The van der Waals surface area contributed by atoms with Crippen LogP contribution in [-0.4, -0.2) is 40.4 Å². The van der Waals surface area contributed by atoms with Crippen LogP contribution >= 0.6 is 24.0 Å². The number of guanidine groups is 1. The van der Waals surface area contributed by atoms with Crippen LogP contribution in [0.5, 0.6) is 17.2 Å². The van der Waals surface area contributed by atoms with Crippen molar-refractivity contribution in [2.75, 3.05) is 34.4 Å². The molecule has 0 radical (unpaired) electrons. The molecule has 1 aromatic rings. The van der Waals surface area contributed by atoms with Gasteiger partial charge in [0.05, 0.1) is 27.9 Å². The van der Waals surface area contributed by atoms with Crippen molar-refractivity contribution < 1.29 is 14.2 Å². The molecule has 0 aromatic heterocycles. The van der Waals surface area contributed by atoms with E-state index in [1.807, 2.05) is 19.1 Å². The summed E-state index contributed by atoms with van der Waals surface area (Å²) in [5.41, 5.74) is 0.937. The Kier molecular flexibility index (Phi) is 11.4. The predicted molar refractivity (Wildman–Crippen MR) is 109 cm³/mol. The van der Waals surface area contributed by atoms with Crippen LogP contribution in [0.1, 0.15) is 26.3 Å². The fraction of sp³-hybridized carbons (Fsp3) is 0.588. The number of methoxy groups -OCH3 is 3. The maximum Gasteiger partial charge on any atom is 0.203 e. The number of hydrogen-bond donors (Lipinski definition) is 2. The van der Waals surface area contributed by atoms with Crippen LogP contribution in [0.2, 0.25) is 0 Å². The summed E-state index contributed by atoms with van der Waals surface area (Å²) in [6.45, 7) is 8.53. The number of benzene rings is 1. The normalized spacial score (nSPS) is 10.9. The average molecular weight is 451 g/mol. The molecule has 0 saturated carbocycles. The van der Waals surface area contributed by atoms with E-state index in [0.29, 0.717) is 29.7 Å². The van der Waals surface area contributed by atoms with E-state index in [0.717, 1.165) is 24.6 Å². The number of aliphatic imine (C=N–C) groups is 1. The smallest absolute Gasteiger partial charge is 0.203 e. The van der Waals surface area contributed by atoms with Crippen LogP contribution < -0.4 is 24.8 Å². The number of ether oxygens (including phenoxy) is 3. The fourth-order valence-electron chi connectivity index (χ4n) is 2.09. The monoisotopic (exact) mass is 451 g/mol. The van der Waals surface area contributed by atoms with E-state index in [4.69, 9.17) is 14.2 Å². The largest absolute Gasteiger partial charge is 0.493 e. The van der Waals surface area contributed by atoms with Gasteiger partial charge in [-0.25, -0.2) is 4.99 Å². The minimum absolute atomic E-state index is 0. The summed E-state index contributed by atoms with van der Waals surface area (Å²) in [7, 11) is 4.82. The van der Waals surface area contributed by atoms with Crippen LogP contribution in [-0.2, 0) is 6.54 Å². The molecule has 0 spiro atoms. The Bertz CT molecular complexity index is 522. The van der Waals surface area contributed by atoms with Crippen molar-refractivity contribution in [3.05, 3.63) is 17.7 Å². The third-order valence-corrected chi connectivity index (χ3v) is 3.22. The second-order valence-electron chi connectivity index (χ2n) is 5.46. The number of nitrogens with one attached hydrogen (secondary N) is 2. The maximum absolute atomic E-state index is 5.49. The number of halogens is 1. The zero-order valence-corrected chi connectivity index (χ0v) is 17.8. The Labute approximate surface area is 162 Å². The van der Waals surface area contributed by atoms with Gasteiger partial charge in [0.15, 0.2) is 17.5 Å². The molecule has 7 heteroatoms. The first-order valence-corrected chi connectivity index (χ1v) is 7.87. The molecule has 0 saturated heterocycles. The third kappa shape index (κ3) is 6.62. The summed E-state index contributed by atoms with van der Waals surface area (Å²) in [4.78, 5) is 4.61. The van der Waals surface area contributed by atoms with Crippen LogP contribution in [0, 0.1) is 5.92 Å². The van der Waals surface area contributed by atoms with Crippen LogP contribution in [0.25, 0.3) is 0 Å². The summed E-state index contributed by atoms with van der Waals surface area (Å²) >= 11 is 0. The zero-order valence-electron chi connectivity index (χ0n) is 15.4. The van der Waals surface area contributed by atoms with Gasteiger partial charge in [0.1, 0.15) is 0 Å². The average Bonchev–Trinajstić information content (AvgIpc) is 2.55. The zero-order chi connectivity index (χ0) is 17.2. The Morgan fingerprint density at radius 1 is 1.04 bits per heavy atom. The lowest BCUT2D eigenvalue weighted by atomic mass is 10.1. The predicted octanol–water partition coefficient (Wildman–Crippen LogP) is 3.04. The topological polar surface area (TPSA) is 64.1 Å². The van der Waals surface area contributed by atoms with Crippen molar-refractivity contribution in [2.24, 2.45) is 10.9 Å². The van der Waals surface area contributed by atoms with Gasteiger partial charge in [-0.1, -0.05) is 13.8 Å². The maximum atomic E-state index is 5.49. The van der Waals surface area contributed by atoms with E-state index in [1.165, 1.54) is 0 Å². The minimum Gasteiger partial charge on any atom is -0.493 e. The van der Waals surface area contributed by atoms with E-state index in [9.17, 15) is 0 Å². The first kappa shape index (κ1) is 22.6. The standard InChI is InChI=1S/C17H29N3O3.HI/c1-7-18-17(19-10-12(2)3)20-11-13-8-9-14(21-4)16(23-6)15(13)22-5;/h8-9,12H,7,10-11H2,1-6H3,(H2,18,19,20);1H. The highest BCUT2D eigenvalue weighted by Gasteiger charge is 2.15. The van der Waals surface area contributed by atoms with Gasteiger partial charge in [-0.3, -0.25) is 0 Å². The van der Waals surface area contributed by atoms with Gasteiger partial charge in [-0.05, 0) is 25.0 Å². The van der Waals surface area contributed by atoms with Crippen LogP contribution in [0.15, 0.2) is 17.1 Å². The highest BCUT2D eigenvalue weighted by Crippen LogP contribution is 2.39. The first-order chi connectivity index (χ1) is 11.1. The second kappa shape index (κ2) is 12.0. The van der Waals surface area contributed by atoms with Crippen molar-refractivity contribution in [3.8, 4) is 17.2 Å². The first-order valence-electron chi connectivity index (χ1n) is 7.87. The molecule has 138 valence electrons. The highest BCUT2D eigenvalue weighted by molar-refractivity contribution is 14.0. The van der Waals surface area contributed by atoms with Gasteiger partial charge in [-0.15, -0.1) is 24.0 Å². The Hall–Kier alpha value is -1.38. The molecule has 2 N–H and O–H groups in total. The summed E-state index contributed by atoms with van der Waals surface area (Å²) in [5.74, 6) is 3.22. The Balaban J connectivity index is 0.00000529. The third-order valence-electron chi connectivity index (χ3n) is 3.22. The number of rotatable bonds is 8. The van der Waals surface area contributed by atoms with Crippen molar-refractivity contribution >= 4 is 29.9 Å². The lowest BCUT2D eigenvalue weighted by Crippen LogP contribution is -2.39. The van der Waals surface area contributed by atoms with Crippen molar-refractivity contribution in [1.82, 2.24) is 10.6 Å². The van der Waals surface area contributed by atoms with Gasteiger partial charge in [0.25, 0.3) is 0 Å². The Morgan fingerprint density at radius 2 is 1.71 bits per heavy atom. The van der Waals surface area contributed by atoms with Crippen molar-refractivity contribution in [2.45, 2.75) is 27.3 Å². The van der Waals surface area contributed by atoms with Gasteiger partial charge in [0, 0.05) is 18.7 Å². The molecule has 0 fully saturated rings. The molecular formula is C17H30IN3O3. The van der Waals surface area contributed by atoms with E-state index < -0.39 is 0 Å². The summed E-state index contributed by atoms with van der Waals surface area (Å²) in [6.07, 6.45) is 0. The fourth-order valence-corrected chi connectivity index (χ4v) is 2.09. The molecule has 0 bridgehead atoms. The van der Waals surface area contributed by atoms with Crippen LogP contribution in [0.4, 0.5) is 0 Å². The quantitative estimate of drug-likeness (QED) is 0.362. The molecule has 6 nitrogen and oxygen atoms in total. The van der Waals surface area contributed by atoms with E-state index in [1.54, 1.807) is 21.3 Å². The molecule has 1 rings (SSSR count). The molecule has 0 aliphatic heterocycles. The Morgan fingerprint density at radius 3 is 2.21 bits per heavy atom. The minimum atomic E-state index is 0. The van der Waals surface area contributed by atoms with Gasteiger partial charge < -0.3 is 24.8 Å².